The number of ether oxygens (including phenoxy) is 1. The lowest BCUT2D eigenvalue weighted by Gasteiger charge is -2.34. The van der Waals surface area contributed by atoms with E-state index in [9.17, 15) is 9.59 Å². The SMILES string of the molecule is CO[C@H]1c2ccccc2C(=O)CS[C@H]2c3ccccc3C(=O)N12. The van der Waals surface area contributed by atoms with Crippen LogP contribution in [0.4, 0.5) is 0 Å². The van der Waals surface area contributed by atoms with Gasteiger partial charge in [0.15, 0.2) is 12.0 Å². The molecule has 0 unspecified atom stereocenters. The van der Waals surface area contributed by atoms with Crippen molar-refractivity contribution in [2.45, 2.75) is 11.6 Å². The Bertz CT molecular complexity index is 804. The summed E-state index contributed by atoms with van der Waals surface area (Å²) in [6.45, 7) is 0. The van der Waals surface area contributed by atoms with E-state index in [4.69, 9.17) is 4.74 Å². The Hall–Kier alpha value is -2.11. The van der Waals surface area contributed by atoms with Gasteiger partial charge in [-0.3, -0.25) is 14.5 Å². The Kier molecular flexibility index (Phi) is 3.47. The third kappa shape index (κ3) is 2.11. The molecule has 2 aliphatic heterocycles. The van der Waals surface area contributed by atoms with Gasteiger partial charge in [-0.15, -0.1) is 11.8 Å². The molecule has 2 aliphatic rings. The third-order valence-corrected chi connectivity index (χ3v) is 5.55. The molecule has 2 atom stereocenters. The molecule has 2 heterocycles. The molecule has 0 fully saturated rings. The van der Waals surface area contributed by atoms with Crippen LogP contribution in [0.5, 0.6) is 0 Å². The first-order valence-corrected chi connectivity index (χ1v) is 8.45. The molecule has 0 bridgehead atoms. The van der Waals surface area contributed by atoms with Gasteiger partial charge in [-0.2, -0.15) is 0 Å². The molecule has 0 saturated carbocycles. The zero-order chi connectivity index (χ0) is 16.0. The minimum Gasteiger partial charge on any atom is -0.357 e. The second-order valence-corrected chi connectivity index (χ2v) is 6.63. The van der Waals surface area contributed by atoms with Crippen molar-refractivity contribution in [1.82, 2.24) is 4.90 Å². The van der Waals surface area contributed by atoms with Crippen LogP contribution in [0.3, 0.4) is 0 Å². The number of fused-ring (bicyclic) bond motifs is 4. The fourth-order valence-corrected chi connectivity index (χ4v) is 4.51. The first kappa shape index (κ1) is 14.5. The van der Waals surface area contributed by atoms with Gasteiger partial charge in [0.25, 0.3) is 5.91 Å². The molecule has 0 saturated heterocycles. The van der Waals surface area contributed by atoms with Gasteiger partial charge >= 0.3 is 0 Å². The summed E-state index contributed by atoms with van der Waals surface area (Å²) >= 11 is 1.48. The molecule has 4 rings (SSSR count). The molecule has 1 amide bonds. The molecular formula is C18H15NO3S. The Morgan fingerprint density at radius 1 is 1.00 bits per heavy atom. The van der Waals surface area contributed by atoms with Crippen LogP contribution in [0.2, 0.25) is 0 Å². The molecule has 0 aromatic heterocycles. The molecule has 23 heavy (non-hydrogen) atoms. The maximum atomic E-state index is 12.9. The highest BCUT2D eigenvalue weighted by atomic mass is 32.2. The molecule has 5 heteroatoms. The highest BCUT2D eigenvalue weighted by Crippen LogP contribution is 2.48. The highest BCUT2D eigenvalue weighted by molar-refractivity contribution is 8.00. The largest absolute Gasteiger partial charge is 0.357 e. The van der Waals surface area contributed by atoms with E-state index in [-0.39, 0.29) is 17.1 Å². The monoisotopic (exact) mass is 325 g/mol. The average Bonchev–Trinajstić information content (AvgIpc) is 2.85. The lowest BCUT2D eigenvalue weighted by molar-refractivity contribution is -0.0242. The fraction of sp³-hybridized carbons (Fsp3) is 0.222. The van der Waals surface area contributed by atoms with Crippen molar-refractivity contribution in [3.8, 4) is 0 Å². The Labute approximate surface area is 138 Å². The maximum absolute atomic E-state index is 12.9. The van der Waals surface area contributed by atoms with Crippen LogP contribution in [-0.4, -0.2) is 29.5 Å². The third-order valence-electron chi connectivity index (χ3n) is 4.32. The zero-order valence-electron chi connectivity index (χ0n) is 12.6. The van der Waals surface area contributed by atoms with E-state index in [1.807, 2.05) is 42.5 Å². The van der Waals surface area contributed by atoms with Crippen LogP contribution in [0.1, 0.15) is 43.4 Å². The van der Waals surface area contributed by atoms with Crippen LogP contribution in [0, 0.1) is 0 Å². The van der Waals surface area contributed by atoms with Crippen molar-refractivity contribution < 1.29 is 14.3 Å². The standard InChI is InChI=1S/C18H15NO3S/c1-22-17-13-8-4-2-6-11(13)15(20)10-23-18-14-9-5-3-7-12(14)16(21)19(17)18/h2-9,17-18H,10H2,1H3/t17-,18-/m0/s1. The van der Waals surface area contributed by atoms with E-state index in [1.165, 1.54) is 11.8 Å². The second-order valence-electron chi connectivity index (χ2n) is 5.56. The number of methoxy groups -OCH3 is 1. The van der Waals surface area contributed by atoms with Gasteiger partial charge in [-0.05, 0) is 11.6 Å². The number of benzene rings is 2. The Morgan fingerprint density at radius 3 is 2.39 bits per heavy atom. The van der Waals surface area contributed by atoms with E-state index >= 15 is 0 Å². The molecule has 0 radical (unpaired) electrons. The van der Waals surface area contributed by atoms with Crippen LogP contribution in [0.25, 0.3) is 0 Å². The maximum Gasteiger partial charge on any atom is 0.257 e. The van der Waals surface area contributed by atoms with Crippen LogP contribution in [0.15, 0.2) is 48.5 Å². The topological polar surface area (TPSA) is 46.6 Å². The van der Waals surface area contributed by atoms with Gasteiger partial charge in [-0.25, -0.2) is 0 Å². The van der Waals surface area contributed by atoms with Crippen molar-refractivity contribution in [3.05, 3.63) is 70.8 Å². The van der Waals surface area contributed by atoms with E-state index in [2.05, 4.69) is 0 Å². The van der Waals surface area contributed by atoms with Crippen LogP contribution < -0.4 is 0 Å². The Morgan fingerprint density at radius 2 is 1.65 bits per heavy atom. The number of Topliss-reactive ketones (excluding diaryl/α,β-unsaturated/α-hetero) is 1. The number of amides is 1. The van der Waals surface area contributed by atoms with Crippen molar-refractivity contribution in [1.29, 1.82) is 0 Å². The molecule has 0 aliphatic carbocycles. The molecule has 0 spiro atoms. The predicted molar refractivity (Wildman–Crippen MR) is 88.3 cm³/mol. The number of carbonyl (C=O) groups excluding carboxylic acids is 2. The average molecular weight is 325 g/mol. The summed E-state index contributed by atoms with van der Waals surface area (Å²) < 4.78 is 5.66. The van der Waals surface area contributed by atoms with E-state index < -0.39 is 6.23 Å². The van der Waals surface area contributed by atoms with Gasteiger partial charge in [-0.1, -0.05) is 42.5 Å². The molecule has 0 N–H and O–H groups in total. The Balaban J connectivity index is 1.90. The molecule has 4 nitrogen and oxygen atoms in total. The number of hydrogen-bond acceptors (Lipinski definition) is 4. The van der Waals surface area contributed by atoms with E-state index in [1.54, 1.807) is 18.1 Å². The molecule has 116 valence electrons. The normalized spacial score (nSPS) is 22.9. The number of ketones is 1. The molecular weight excluding hydrogens is 310 g/mol. The summed E-state index contributed by atoms with van der Waals surface area (Å²) in [5, 5.41) is -0.194. The number of thioether (sulfide) groups is 1. The summed E-state index contributed by atoms with van der Waals surface area (Å²) in [4.78, 5) is 27.2. The van der Waals surface area contributed by atoms with E-state index in [0.29, 0.717) is 16.9 Å². The first-order valence-electron chi connectivity index (χ1n) is 7.40. The summed E-state index contributed by atoms with van der Waals surface area (Å²) in [7, 11) is 1.57. The summed E-state index contributed by atoms with van der Waals surface area (Å²) in [6.07, 6.45) is -0.562. The van der Waals surface area contributed by atoms with Gasteiger partial charge in [0.1, 0.15) is 5.37 Å². The van der Waals surface area contributed by atoms with Gasteiger partial charge in [0, 0.05) is 23.8 Å². The van der Waals surface area contributed by atoms with Crippen LogP contribution in [-0.2, 0) is 4.74 Å². The quantitative estimate of drug-likeness (QED) is 0.806. The number of carbonyl (C=O) groups is 2. The smallest absolute Gasteiger partial charge is 0.257 e. The highest BCUT2D eigenvalue weighted by Gasteiger charge is 2.43. The van der Waals surface area contributed by atoms with Gasteiger partial charge in [0.05, 0.1) is 5.75 Å². The minimum atomic E-state index is -0.562. The van der Waals surface area contributed by atoms with Gasteiger partial charge < -0.3 is 4.74 Å². The lowest BCUT2D eigenvalue weighted by Crippen LogP contribution is -2.35. The number of nitrogens with zero attached hydrogens (tertiary/aromatic N) is 1. The van der Waals surface area contributed by atoms with Crippen molar-refractivity contribution in [3.63, 3.8) is 0 Å². The van der Waals surface area contributed by atoms with Crippen molar-refractivity contribution in [2.75, 3.05) is 12.9 Å². The summed E-state index contributed by atoms with van der Waals surface area (Å²) in [5.74, 6) is 0.370. The minimum absolute atomic E-state index is 0.0471. The number of rotatable bonds is 1. The fourth-order valence-electron chi connectivity index (χ4n) is 3.29. The zero-order valence-corrected chi connectivity index (χ0v) is 13.4. The predicted octanol–water partition coefficient (Wildman–Crippen LogP) is 3.42. The molecule has 2 aromatic rings. The van der Waals surface area contributed by atoms with Gasteiger partial charge in [0.2, 0.25) is 0 Å². The summed E-state index contributed by atoms with van der Waals surface area (Å²) in [5.41, 5.74) is 3.04. The second kappa shape index (κ2) is 5.51. The lowest BCUT2D eigenvalue weighted by atomic mass is 10.0. The summed E-state index contributed by atoms with van der Waals surface area (Å²) in [6, 6.07) is 15.0. The number of hydrogen-bond donors (Lipinski definition) is 0. The van der Waals surface area contributed by atoms with Crippen molar-refractivity contribution >= 4 is 23.5 Å². The molecule has 2 aromatic carbocycles. The van der Waals surface area contributed by atoms with Crippen molar-refractivity contribution in [2.24, 2.45) is 0 Å². The van der Waals surface area contributed by atoms with Crippen LogP contribution >= 0.6 is 11.8 Å². The first-order chi connectivity index (χ1) is 11.2. The van der Waals surface area contributed by atoms with E-state index in [0.717, 1.165) is 11.1 Å².